The van der Waals surface area contributed by atoms with Gasteiger partial charge in [0.1, 0.15) is 0 Å². The fourth-order valence-electron chi connectivity index (χ4n) is 2.83. The monoisotopic (exact) mass is 312 g/mol. The van der Waals surface area contributed by atoms with Crippen molar-refractivity contribution in [3.8, 4) is 0 Å². The first kappa shape index (κ1) is 16.3. The Morgan fingerprint density at radius 3 is 2.29 bits per heavy atom. The summed E-state index contributed by atoms with van der Waals surface area (Å²) in [6.07, 6.45) is 1.69. The van der Waals surface area contributed by atoms with Crippen LogP contribution in [-0.2, 0) is 14.8 Å². The highest BCUT2D eigenvalue weighted by Gasteiger charge is 2.34. The molecule has 1 aliphatic carbocycles. The molecule has 0 radical (unpaired) electrons. The second kappa shape index (κ2) is 6.34. The van der Waals surface area contributed by atoms with Gasteiger partial charge in [0.15, 0.2) is 0 Å². The van der Waals surface area contributed by atoms with Crippen LogP contribution in [0.4, 0.5) is 5.69 Å². The van der Waals surface area contributed by atoms with E-state index in [1.165, 1.54) is 0 Å². The van der Waals surface area contributed by atoms with E-state index in [-0.39, 0.29) is 12.1 Å². The summed E-state index contributed by atoms with van der Waals surface area (Å²) in [6, 6.07) is 3.69. The SMILES string of the molecule is CCOC1CC(NS(=O)(=O)c2c(C)cc(NC)cc2C)C1. The summed E-state index contributed by atoms with van der Waals surface area (Å²) in [4.78, 5) is 0.390. The number of hydrogen-bond acceptors (Lipinski definition) is 4. The first-order chi connectivity index (χ1) is 9.87. The second-order valence-corrected chi connectivity index (χ2v) is 7.21. The third kappa shape index (κ3) is 3.56. The van der Waals surface area contributed by atoms with Gasteiger partial charge in [0.05, 0.1) is 11.0 Å². The Morgan fingerprint density at radius 1 is 1.24 bits per heavy atom. The van der Waals surface area contributed by atoms with Crippen LogP contribution in [0.25, 0.3) is 0 Å². The van der Waals surface area contributed by atoms with E-state index in [2.05, 4.69) is 10.0 Å². The van der Waals surface area contributed by atoms with Gasteiger partial charge in [-0.3, -0.25) is 0 Å². The normalized spacial score (nSPS) is 21.9. The van der Waals surface area contributed by atoms with Gasteiger partial charge in [-0.15, -0.1) is 0 Å². The summed E-state index contributed by atoms with van der Waals surface area (Å²) < 4.78 is 33.4. The molecule has 0 aromatic heterocycles. The van der Waals surface area contributed by atoms with Gasteiger partial charge in [-0.05, 0) is 56.9 Å². The molecular weight excluding hydrogens is 288 g/mol. The molecule has 21 heavy (non-hydrogen) atoms. The minimum absolute atomic E-state index is 0.0191. The molecule has 0 spiro atoms. The van der Waals surface area contributed by atoms with Crippen LogP contribution < -0.4 is 10.0 Å². The Kier molecular flexibility index (Phi) is 4.91. The third-order valence-electron chi connectivity index (χ3n) is 3.84. The molecule has 0 heterocycles. The van der Waals surface area contributed by atoms with Gasteiger partial charge < -0.3 is 10.1 Å². The number of sulfonamides is 1. The topological polar surface area (TPSA) is 67.4 Å². The predicted molar refractivity (Wildman–Crippen MR) is 84.2 cm³/mol. The number of benzene rings is 1. The fraction of sp³-hybridized carbons (Fsp3) is 0.600. The zero-order valence-corrected chi connectivity index (χ0v) is 13.9. The first-order valence-corrected chi connectivity index (χ1v) is 8.78. The Hall–Kier alpha value is -1.11. The van der Waals surface area contributed by atoms with E-state index in [1.807, 2.05) is 40.0 Å². The molecule has 6 heteroatoms. The molecule has 0 amide bonds. The number of rotatable bonds is 6. The van der Waals surface area contributed by atoms with Crippen LogP contribution in [0.3, 0.4) is 0 Å². The first-order valence-electron chi connectivity index (χ1n) is 7.30. The van der Waals surface area contributed by atoms with Crippen LogP contribution >= 0.6 is 0 Å². The van der Waals surface area contributed by atoms with E-state index in [0.717, 1.165) is 29.7 Å². The molecule has 5 nitrogen and oxygen atoms in total. The number of ether oxygens (including phenoxy) is 1. The van der Waals surface area contributed by atoms with Gasteiger partial charge in [0.25, 0.3) is 0 Å². The van der Waals surface area contributed by atoms with Crippen molar-refractivity contribution in [2.24, 2.45) is 0 Å². The van der Waals surface area contributed by atoms with E-state index in [1.54, 1.807) is 0 Å². The maximum Gasteiger partial charge on any atom is 0.241 e. The van der Waals surface area contributed by atoms with Crippen molar-refractivity contribution in [2.45, 2.75) is 50.7 Å². The summed E-state index contributed by atoms with van der Waals surface area (Å²) in [5.41, 5.74) is 2.43. The Labute approximate surface area is 127 Å². The molecule has 0 atom stereocenters. The second-order valence-electron chi connectivity index (χ2n) is 5.56. The molecule has 1 aromatic carbocycles. The van der Waals surface area contributed by atoms with E-state index in [4.69, 9.17) is 4.74 Å². The van der Waals surface area contributed by atoms with E-state index < -0.39 is 10.0 Å². The molecule has 118 valence electrons. The van der Waals surface area contributed by atoms with Crippen molar-refractivity contribution in [1.29, 1.82) is 0 Å². The lowest BCUT2D eigenvalue weighted by Gasteiger charge is -2.35. The predicted octanol–water partition coefficient (Wildman–Crippen LogP) is 2.19. The van der Waals surface area contributed by atoms with Gasteiger partial charge in [0, 0.05) is 25.4 Å². The van der Waals surface area contributed by atoms with Gasteiger partial charge >= 0.3 is 0 Å². The van der Waals surface area contributed by atoms with Crippen LogP contribution in [-0.4, -0.2) is 34.2 Å². The molecule has 1 aliphatic rings. The minimum Gasteiger partial charge on any atom is -0.388 e. The van der Waals surface area contributed by atoms with E-state index in [0.29, 0.717) is 11.5 Å². The van der Waals surface area contributed by atoms with Crippen molar-refractivity contribution in [2.75, 3.05) is 19.0 Å². The highest BCUT2D eigenvalue weighted by Crippen LogP contribution is 2.28. The van der Waals surface area contributed by atoms with Crippen LogP contribution in [0.2, 0.25) is 0 Å². The zero-order chi connectivity index (χ0) is 15.6. The quantitative estimate of drug-likeness (QED) is 0.845. The van der Waals surface area contributed by atoms with Crippen LogP contribution in [0.15, 0.2) is 17.0 Å². The molecule has 0 saturated heterocycles. The van der Waals surface area contributed by atoms with Crippen molar-refractivity contribution < 1.29 is 13.2 Å². The summed E-state index contributed by atoms with van der Waals surface area (Å²) >= 11 is 0. The van der Waals surface area contributed by atoms with E-state index >= 15 is 0 Å². The average Bonchev–Trinajstić information content (AvgIpc) is 2.34. The molecule has 1 saturated carbocycles. The highest BCUT2D eigenvalue weighted by atomic mass is 32.2. The van der Waals surface area contributed by atoms with Crippen molar-refractivity contribution >= 4 is 15.7 Å². The number of aryl methyl sites for hydroxylation is 2. The highest BCUT2D eigenvalue weighted by molar-refractivity contribution is 7.89. The zero-order valence-electron chi connectivity index (χ0n) is 13.1. The molecule has 1 aromatic rings. The summed E-state index contributed by atoms with van der Waals surface area (Å²) in [6.45, 7) is 6.28. The molecule has 2 N–H and O–H groups in total. The van der Waals surface area contributed by atoms with Gasteiger partial charge in [-0.2, -0.15) is 0 Å². The lowest BCUT2D eigenvalue weighted by molar-refractivity contribution is -0.00475. The Balaban J connectivity index is 2.14. The number of anilines is 1. The lowest BCUT2D eigenvalue weighted by atomic mass is 9.90. The van der Waals surface area contributed by atoms with Crippen molar-refractivity contribution in [3.63, 3.8) is 0 Å². The van der Waals surface area contributed by atoms with E-state index in [9.17, 15) is 8.42 Å². The summed E-state index contributed by atoms with van der Waals surface area (Å²) in [5, 5.41) is 3.04. The van der Waals surface area contributed by atoms with Crippen LogP contribution in [0, 0.1) is 13.8 Å². The van der Waals surface area contributed by atoms with Crippen LogP contribution in [0.1, 0.15) is 30.9 Å². The van der Waals surface area contributed by atoms with Crippen molar-refractivity contribution in [1.82, 2.24) is 4.72 Å². The molecule has 0 aliphatic heterocycles. The van der Waals surface area contributed by atoms with Gasteiger partial charge in [-0.1, -0.05) is 0 Å². The average molecular weight is 312 g/mol. The lowest BCUT2D eigenvalue weighted by Crippen LogP contribution is -2.47. The fourth-order valence-corrected chi connectivity index (χ4v) is 4.55. The van der Waals surface area contributed by atoms with Crippen LogP contribution in [0.5, 0.6) is 0 Å². The van der Waals surface area contributed by atoms with Crippen molar-refractivity contribution in [3.05, 3.63) is 23.3 Å². The molecular formula is C15H24N2O3S. The number of hydrogen-bond donors (Lipinski definition) is 2. The molecule has 1 fully saturated rings. The Morgan fingerprint density at radius 2 is 1.81 bits per heavy atom. The van der Waals surface area contributed by atoms with Gasteiger partial charge in [0.2, 0.25) is 10.0 Å². The summed E-state index contributed by atoms with van der Waals surface area (Å²) in [5.74, 6) is 0. The summed E-state index contributed by atoms with van der Waals surface area (Å²) in [7, 11) is -1.66. The molecule has 0 bridgehead atoms. The Bertz CT molecular complexity index is 584. The maximum atomic E-state index is 12.6. The molecule has 2 rings (SSSR count). The number of nitrogens with one attached hydrogen (secondary N) is 2. The largest absolute Gasteiger partial charge is 0.388 e. The minimum atomic E-state index is -3.48. The molecule has 0 unspecified atom stereocenters. The smallest absolute Gasteiger partial charge is 0.241 e. The third-order valence-corrected chi connectivity index (χ3v) is 5.66. The standard InChI is InChI=1S/C15H24N2O3S/c1-5-20-14-8-13(9-14)17-21(18,19)15-10(2)6-12(16-4)7-11(15)3/h6-7,13-14,16-17H,5,8-9H2,1-4H3. The maximum absolute atomic E-state index is 12.6. The van der Waals surface area contributed by atoms with Gasteiger partial charge in [-0.25, -0.2) is 13.1 Å².